The fourth-order valence-corrected chi connectivity index (χ4v) is 2.29. The SMILES string of the molecule is CC(C)N1CCCC(c2cc(C(=O)O)no2)C1. The molecule has 5 heteroatoms. The Labute approximate surface area is 100 Å². The number of nitrogens with zero attached hydrogens (tertiary/aromatic N) is 2. The Balaban J connectivity index is 2.08. The molecule has 0 aliphatic carbocycles. The minimum atomic E-state index is -1.03. The summed E-state index contributed by atoms with van der Waals surface area (Å²) in [6.45, 7) is 6.37. The van der Waals surface area contributed by atoms with Gasteiger partial charge in [0.05, 0.1) is 0 Å². The molecule has 94 valence electrons. The molecule has 0 bridgehead atoms. The largest absolute Gasteiger partial charge is 0.476 e. The summed E-state index contributed by atoms with van der Waals surface area (Å²) in [5.74, 6) is -0.0592. The standard InChI is InChI=1S/C12H18N2O3/c1-8(2)14-5-3-4-9(7-14)11-6-10(12(15)16)13-17-11/h6,8-9H,3-5,7H2,1-2H3,(H,15,16). The number of aromatic nitrogens is 1. The van der Waals surface area contributed by atoms with Crippen molar-refractivity contribution in [2.24, 2.45) is 0 Å². The molecule has 1 N–H and O–H groups in total. The number of hydrogen-bond donors (Lipinski definition) is 1. The molecular weight excluding hydrogens is 220 g/mol. The minimum Gasteiger partial charge on any atom is -0.476 e. The Morgan fingerprint density at radius 1 is 1.65 bits per heavy atom. The third kappa shape index (κ3) is 2.66. The lowest BCUT2D eigenvalue weighted by Crippen LogP contribution is -2.38. The maximum absolute atomic E-state index is 10.7. The summed E-state index contributed by atoms with van der Waals surface area (Å²) < 4.78 is 5.14. The molecule has 17 heavy (non-hydrogen) atoms. The first-order valence-corrected chi connectivity index (χ1v) is 6.02. The van der Waals surface area contributed by atoms with E-state index in [4.69, 9.17) is 9.63 Å². The predicted octanol–water partition coefficient (Wildman–Crippen LogP) is 1.96. The van der Waals surface area contributed by atoms with Crippen LogP contribution in [-0.2, 0) is 0 Å². The molecular formula is C12H18N2O3. The van der Waals surface area contributed by atoms with Crippen LogP contribution in [0.4, 0.5) is 0 Å². The van der Waals surface area contributed by atoms with Crippen molar-refractivity contribution in [3.8, 4) is 0 Å². The van der Waals surface area contributed by atoms with Crippen LogP contribution in [0.3, 0.4) is 0 Å². The van der Waals surface area contributed by atoms with E-state index in [-0.39, 0.29) is 11.6 Å². The van der Waals surface area contributed by atoms with Crippen molar-refractivity contribution in [1.29, 1.82) is 0 Å². The second kappa shape index (κ2) is 4.87. The number of hydrogen-bond acceptors (Lipinski definition) is 4. The van der Waals surface area contributed by atoms with Crippen molar-refractivity contribution in [3.63, 3.8) is 0 Å². The van der Waals surface area contributed by atoms with Crippen molar-refractivity contribution in [1.82, 2.24) is 10.1 Å². The zero-order chi connectivity index (χ0) is 12.4. The third-order valence-corrected chi connectivity index (χ3v) is 3.33. The first kappa shape index (κ1) is 12.1. The highest BCUT2D eigenvalue weighted by atomic mass is 16.5. The predicted molar refractivity (Wildman–Crippen MR) is 62.1 cm³/mol. The van der Waals surface area contributed by atoms with Gasteiger partial charge in [-0.3, -0.25) is 0 Å². The smallest absolute Gasteiger partial charge is 0.358 e. The monoisotopic (exact) mass is 238 g/mol. The van der Waals surface area contributed by atoms with E-state index in [2.05, 4.69) is 23.9 Å². The van der Waals surface area contributed by atoms with Crippen LogP contribution < -0.4 is 0 Å². The Morgan fingerprint density at radius 3 is 3.00 bits per heavy atom. The van der Waals surface area contributed by atoms with Crippen molar-refractivity contribution >= 4 is 5.97 Å². The summed E-state index contributed by atoms with van der Waals surface area (Å²) in [7, 11) is 0. The molecule has 2 rings (SSSR count). The van der Waals surface area contributed by atoms with Crippen LogP contribution in [0.2, 0.25) is 0 Å². The van der Waals surface area contributed by atoms with Gasteiger partial charge in [0.1, 0.15) is 5.76 Å². The van der Waals surface area contributed by atoms with Crippen LogP contribution in [0.1, 0.15) is 48.9 Å². The molecule has 0 amide bonds. The summed E-state index contributed by atoms with van der Waals surface area (Å²) in [5, 5.41) is 12.4. The third-order valence-electron chi connectivity index (χ3n) is 3.33. The normalized spacial score (nSPS) is 21.9. The van der Waals surface area contributed by atoms with E-state index >= 15 is 0 Å². The van der Waals surface area contributed by atoms with Gasteiger partial charge in [0.25, 0.3) is 0 Å². The quantitative estimate of drug-likeness (QED) is 0.871. The molecule has 1 fully saturated rings. The van der Waals surface area contributed by atoms with Gasteiger partial charge in [-0.15, -0.1) is 0 Å². The first-order valence-electron chi connectivity index (χ1n) is 6.02. The maximum atomic E-state index is 10.7. The zero-order valence-corrected chi connectivity index (χ0v) is 10.2. The molecule has 0 aromatic carbocycles. The van der Waals surface area contributed by atoms with Gasteiger partial charge < -0.3 is 14.5 Å². The van der Waals surface area contributed by atoms with E-state index in [1.807, 2.05) is 0 Å². The molecule has 5 nitrogen and oxygen atoms in total. The van der Waals surface area contributed by atoms with Gasteiger partial charge >= 0.3 is 5.97 Å². The van der Waals surface area contributed by atoms with Gasteiger partial charge in [-0.25, -0.2) is 4.79 Å². The molecule has 1 aliphatic rings. The summed E-state index contributed by atoms with van der Waals surface area (Å²) in [6, 6.07) is 2.07. The zero-order valence-electron chi connectivity index (χ0n) is 10.2. The molecule has 1 unspecified atom stereocenters. The molecule has 0 saturated carbocycles. The van der Waals surface area contributed by atoms with Crippen LogP contribution in [0.5, 0.6) is 0 Å². The number of carboxylic acids is 1. The molecule has 1 aromatic rings. The van der Waals surface area contributed by atoms with Gasteiger partial charge in [0.2, 0.25) is 0 Å². The van der Waals surface area contributed by atoms with Crippen LogP contribution >= 0.6 is 0 Å². The molecule has 1 aliphatic heterocycles. The lowest BCUT2D eigenvalue weighted by atomic mass is 9.94. The number of aromatic carboxylic acids is 1. The minimum absolute atomic E-state index is 0.00155. The van der Waals surface area contributed by atoms with Gasteiger partial charge in [-0.1, -0.05) is 5.16 Å². The summed E-state index contributed by atoms with van der Waals surface area (Å²) in [5.41, 5.74) is 0.00155. The van der Waals surface area contributed by atoms with E-state index < -0.39 is 5.97 Å². The van der Waals surface area contributed by atoms with Crippen LogP contribution in [0.25, 0.3) is 0 Å². The van der Waals surface area contributed by atoms with Crippen molar-refractivity contribution < 1.29 is 14.4 Å². The molecule has 1 atom stereocenters. The summed E-state index contributed by atoms with van der Waals surface area (Å²) in [6.07, 6.45) is 2.16. The fourth-order valence-electron chi connectivity index (χ4n) is 2.29. The molecule has 1 saturated heterocycles. The summed E-state index contributed by atoms with van der Waals surface area (Å²) >= 11 is 0. The van der Waals surface area contributed by atoms with E-state index in [1.165, 1.54) is 0 Å². The van der Waals surface area contributed by atoms with E-state index in [1.54, 1.807) is 6.07 Å². The Hall–Kier alpha value is -1.36. The maximum Gasteiger partial charge on any atom is 0.358 e. The lowest BCUT2D eigenvalue weighted by molar-refractivity contribution is 0.0685. The van der Waals surface area contributed by atoms with E-state index in [9.17, 15) is 4.79 Å². The first-order chi connectivity index (χ1) is 8.08. The summed E-state index contributed by atoms with van der Waals surface area (Å²) in [4.78, 5) is 13.1. The van der Waals surface area contributed by atoms with Gasteiger partial charge in [0.15, 0.2) is 5.69 Å². The highest BCUT2D eigenvalue weighted by molar-refractivity contribution is 5.85. The lowest BCUT2D eigenvalue weighted by Gasteiger charge is -2.34. The average molecular weight is 238 g/mol. The van der Waals surface area contributed by atoms with Gasteiger partial charge in [0, 0.05) is 24.6 Å². The molecule has 2 heterocycles. The Morgan fingerprint density at radius 2 is 2.41 bits per heavy atom. The van der Waals surface area contributed by atoms with E-state index in [0.29, 0.717) is 11.8 Å². The number of piperidine rings is 1. The second-order valence-corrected chi connectivity index (χ2v) is 4.85. The number of rotatable bonds is 3. The Kier molecular flexibility index (Phi) is 3.47. The van der Waals surface area contributed by atoms with Crippen molar-refractivity contribution in [2.45, 2.75) is 38.6 Å². The van der Waals surface area contributed by atoms with E-state index in [0.717, 1.165) is 25.9 Å². The molecule has 1 aromatic heterocycles. The number of likely N-dealkylation sites (tertiary alicyclic amines) is 1. The molecule has 0 radical (unpaired) electrons. The topological polar surface area (TPSA) is 66.6 Å². The van der Waals surface area contributed by atoms with Crippen molar-refractivity contribution in [3.05, 3.63) is 17.5 Å². The van der Waals surface area contributed by atoms with Crippen LogP contribution in [0.15, 0.2) is 10.6 Å². The number of carbonyl (C=O) groups is 1. The van der Waals surface area contributed by atoms with Gasteiger partial charge in [-0.05, 0) is 33.2 Å². The van der Waals surface area contributed by atoms with Gasteiger partial charge in [-0.2, -0.15) is 0 Å². The van der Waals surface area contributed by atoms with Crippen molar-refractivity contribution in [2.75, 3.05) is 13.1 Å². The molecule has 0 spiro atoms. The number of carboxylic acid groups (broad SMARTS) is 1. The van der Waals surface area contributed by atoms with Crippen LogP contribution in [-0.4, -0.2) is 40.3 Å². The van der Waals surface area contributed by atoms with Crippen LogP contribution in [0, 0.1) is 0 Å². The average Bonchev–Trinajstić information content (AvgIpc) is 2.78. The fraction of sp³-hybridized carbons (Fsp3) is 0.667. The Bertz CT molecular complexity index is 400. The second-order valence-electron chi connectivity index (χ2n) is 4.85. The highest BCUT2D eigenvalue weighted by Crippen LogP contribution is 2.28. The highest BCUT2D eigenvalue weighted by Gasteiger charge is 2.26.